The second-order valence-electron chi connectivity index (χ2n) is 8.96. The van der Waals surface area contributed by atoms with Gasteiger partial charge in [-0.15, -0.1) is 0 Å². The predicted molar refractivity (Wildman–Crippen MR) is 151 cm³/mol. The SMILES string of the molecule is C=C(Cl)/C=C\C=C(/F)C1C(C(=O)Nc2cccc(Cl)c2)N(Cc2cccc(OCC)c2)C(C)[C@H]1C(=O)NC. The first-order valence-electron chi connectivity index (χ1n) is 12.3. The molecular formula is C29H32Cl2FN3O3. The first-order valence-corrected chi connectivity index (χ1v) is 13.1. The lowest BCUT2D eigenvalue weighted by Gasteiger charge is -2.29. The number of hydrogen-bond donors (Lipinski definition) is 2. The molecular weight excluding hydrogens is 528 g/mol. The number of likely N-dealkylation sites (tertiary alicyclic amines) is 1. The summed E-state index contributed by atoms with van der Waals surface area (Å²) >= 11 is 11.9. The number of carbonyl (C=O) groups excluding carboxylic acids is 2. The fourth-order valence-corrected chi connectivity index (χ4v) is 5.10. The highest BCUT2D eigenvalue weighted by atomic mass is 35.5. The van der Waals surface area contributed by atoms with E-state index in [9.17, 15) is 9.59 Å². The Kier molecular flexibility index (Phi) is 10.5. The first kappa shape index (κ1) is 29.4. The molecule has 1 heterocycles. The van der Waals surface area contributed by atoms with E-state index < -0.39 is 35.7 Å². The standard InChI is InChI=1S/C29H32Cl2FN3O3/c1-5-38-23-13-7-10-20(15-23)17-35-19(3)25(28(36)33-4)26(24(32)14-6-9-18(2)30)27(35)29(37)34-22-12-8-11-21(31)16-22/h6-16,19,25-27H,2,5,17H2,1,3-4H3,(H,33,36)(H,34,37)/b9-6-,24-14-/t19?,25-,26?,27?/m1/s1. The van der Waals surface area contributed by atoms with Gasteiger partial charge in [-0.2, -0.15) is 0 Å². The Balaban J connectivity index is 2.08. The van der Waals surface area contributed by atoms with Gasteiger partial charge in [0.15, 0.2) is 0 Å². The van der Waals surface area contributed by atoms with Crippen molar-refractivity contribution in [3.63, 3.8) is 0 Å². The van der Waals surface area contributed by atoms with E-state index in [2.05, 4.69) is 17.2 Å². The third-order valence-corrected chi connectivity index (χ3v) is 6.82. The number of allylic oxidation sites excluding steroid dienone is 4. The molecule has 3 rings (SSSR count). The third-order valence-electron chi connectivity index (χ3n) is 6.46. The van der Waals surface area contributed by atoms with Crippen LogP contribution in [0.1, 0.15) is 19.4 Å². The van der Waals surface area contributed by atoms with Gasteiger partial charge in [0.1, 0.15) is 17.6 Å². The van der Waals surface area contributed by atoms with Crippen molar-refractivity contribution in [3.05, 3.63) is 94.8 Å². The number of halogens is 3. The number of ether oxygens (including phenoxy) is 1. The van der Waals surface area contributed by atoms with Crippen LogP contribution in [0.3, 0.4) is 0 Å². The van der Waals surface area contributed by atoms with E-state index in [4.69, 9.17) is 27.9 Å². The molecule has 1 aliphatic heterocycles. The summed E-state index contributed by atoms with van der Waals surface area (Å²) < 4.78 is 21.5. The van der Waals surface area contributed by atoms with Crippen molar-refractivity contribution in [2.75, 3.05) is 19.0 Å². The molecule has 1 fully saturated rings. The number of anilines is 1. The van der Waals surface area contributed by atoms with E-state index in [1.807, 2.05) is 43.0 Å². The van der Waals surface area contributed by atoms with Gasteiger partial charge in [-0.3, -0.25) is 14.5 Å². The van der Waals surface area contributed by atoms with Gasteiger partial charge < -0.3 is 15.4 Å². The molecule has 0 saturated carbocycles. The number of hydrogen-bond acceptors (Lipinski definition) is 4. The van der Waals surface area contributed by atoms with Crippen LogP contribution in [-0.4, -0.2) is 42.5 Å². The predicted octanol–water partition coefficient (Wildman–Crippen LogP) is 6.09. The van der Waals surface area contributed by atoms with Crippen molar-refractivity contribution >= 4 is 40.7 Å². The number of amides is 2. The Bertz CT molecular complexity index is 1230. The molecule has 2 aromatic rings. The zero-order valence-electron chi connectivity index (χ0n) is 21.6. The lowest BCUT2D eigenvalue weighted by Crippen LogP contribution is -2.44. The fraction of sp³-hybridized carbons (Fsp3) is 0.310. The lowest BCUT2D eigenvalue weighted by atomic mass is 9.85. The van der Waals surface area contributed by atoms with Crippen LogP contribution in [0.2, 0.25) is 5.02 Å². The highest BCUT2D eigenvalue weighted by Crippen LogP contribution is 2.42. The molecule has 38 heavy (non-hydrogen) atoms. The van der Waals surface area contributed by atoms with E-state index in [0.717, 1.165) is 5.56 Å². The highest BCUT2D eigenvalue weighted by Gasteiger charge is 2.54. The number of rotatable bonds is 10. The Labute approximate surface area is 233 Å². The quantitative estimate of drug-likeness (QED) is 0.345. The van der Waals surface area contributed by atoms with Crippen LogP contribution in [0.15, 0.2) is 84.2 Å². The largest absolute Gasteiger partial charge is 0.494 e. The van der Waals surface area contributed by atoms with Gasteiger partial charge in [-0.25, -0.2) is 4.39 Å². The molecule has 0 spiro atoms. The summed E-state index contributed by atoms with van der Waals surface area (Å²) in [6, 6.07) is 12.7. The van der Waals surface area contributed by atoms with Crippen LogP contribution in [0.25, 0.3) is 0 Å². The Morgan fingerprint density at radius 3 is 2.55 bits per heavy atom. The minimum absolute atomic E-state index is 0.225. The first-order chi connectivity index (χ1) is 18.2. The molecule has 2 amide bonds. The van der Waals surface area contributed by atoms with E-state index in [0.29, 0.717) is 29.6 Å². The van der Waals surface area contributed by atoms with Gasteiger partial charge >= 0.3 is 0 Å². The topological polar surface area (TPSA) is 70.7 Å². The Morgan fingerprint density at radius 2 is 1.89 bits per heavy atom. The summed E-state index contributed by atoms with van der Waals surface area (Å²) in [4.78, 5) is 28.7. The van der Waals surface area contributed by atoms with Crippen molar-refractivity contribution in [2.45, 2.75) is 32.5 Å². The zero-order chi connectivity index (χ0) is 27.8. The molecule has 0 radical (unpaired) electrons. The summed E-state index contributed by atoms with van der Waals surface area (Å²) in [5.74, 6) is -2.64. The minimum atomic E-state index is -1.06. The molecule has 4 atom stereocenters. The van der Waals surface area contributed by atoms with Crippen molar-refractivity contribution in [1.82, 2.24) is 10.2 Å². The van der Waals surface area contributed by atoms with Crippen LogP contribution in [0.4, 0.5) is 10.1 Å². The van der Waals surface area contributed by atoms with Gasteiger partial charge in [0.05, 0.1) is 12.5 Å². The average Bonchev–Trinajstić information content (AvgIpc) is 3.15. The van der Waals surface area contributed by atoms with Gasteiger partial charge in [0, 0.05) is 41.3 Å². The molecule has 3 unspecified atom stereocenters. The van der Waals surface area contributed by atoms with E-state index in [1.54, 1.807) is 24.3 Å². The number of nitrogens with zero attached hydrogens (tertiary/aromatic N) is 1. The minimum Gasteiger partial charge on any atom is -0.494 e. The van der Waals surface area contributed by atoms with Crippen LogP contribution in [0.5, 0.6) is 5.75 Å². The molecule has 9 heteroatoms. The number of benzene rings is 2. The molecule has 0 aliphatic carbocycles. The second-order valence-corrected chi connectivity index (χ2v) is 9.88. The molecule has 1 saturated heterocycles. The number of nitrogens with one attached hydrogen (secondary N) is 2. The Morgan fingerprint density at radius 1 is 1.16 bits per heavy atom. The van der Waals surface area contributed by atoms with Gasteiger partial charge in [-0.05, 0) is 61.9 Å². The van der Waals surface area contributed by atoms with Crippen molar-refractivity contribution < 1.29 is 18.7 Å². The molecule has 202 valence electrons. The molecule has 1 aliphatic rings. The molecule has 0 bridgehead atoms. The normalized spacial score (nSPS) is 21.9. The summed E-state index contributed by atoms with van der Waals surface area (Å²) in [6.07, 6.45) is 4.07. The van der Waals surface area contributed by atoms with Crippen molar-refractivity contribution in [2.24, 2.45) is 11.8 Å². The smallest absolute Gasteiger partial charge is 0.242 e. The summed E-state index contributed by atoms with van der Waals surface area (Å²) in [5, 5.41) is 6.18. The van der Waals surface area contributed by atoms with Crippen LogP contribution in [0, 0.1) is 11.8 Å². The number of carbonyl (C=O) groups is 2. The summed E-state index contributed by atoms with van der Waals surface area (Å²) in [7, 11) is 1.50. The maximum Gasteiger partial charge on any atom is 0.242 e. The van der Waals surface area contributed by atoms with Gasteiger partial charge in [0.25, 0.3) is 0 Å². The molecule has 2 N–H and O–H groups in total. The maximum absolute atomic E-state index is 15.9. The van der Waals surface area contributed by atoms with E-state index >= 15 is 4.39 Å². The Hall–Kier alpha value is -3.13. The fourth-order valence-electron chi connectivity index (χ4n) is 4.84. The monoisotopic (exact) mass is 559 g/mol. The highest BCUT2D eigenvalue weighted by molar-refractivity contribution is 6.31. The van der Waals surface area contributed by atoms with Crippen molar-refractivity contribution in [3.8, 4) is 5.75 Å². The molecule has 2 aromatic carbocycles. The van der Waals surface area contributed by atoms with E-state index in [1.165, 1.54) is 25.3 Å². The molecule has 6 nitrogen and oxygen atoms in total. The van der Waals surface area contributed by atoms with Crippen LogP contribution >= 0.6 is 23.2 Å². The summed E-state index contributed by atoms with van der Waals surface area (Å²) in [5.41, 5.74) is 1.33. The molecule has 0 aromatic heterocycles. The van der Waals surface area contributed by atoms with Gasteiger partial charge in [0.2, 0.25) is 11.8 Å². The zero-order valence-corrected chi connectivity index (χ0v) is 23.1. The van der Waals surface area contributed by atoms with Gasteiger partial charge in [-0.1, -0.05) is 54.1 Å². The second kappa shape index (κ2) is 13.6. The van der Waals surface area contributed by atoms with Crippen LogP contribution < -0.4 is 15.4 Å². The third kappa shape index (κ3) is 7.25. The summed E-state index contributed by atoms with van der Waals surface area (Å²) in [6.45, 7) is 8.09. The lowest BCUT2D eigenvalue weighted by molar-refractivity contribution is -0.126. The average molecular weight is 560 g/mol. The van der Waals surface area contributed by atoms with Crippen LogP contribution in [-0.2, 0) is 16.1 Å². The van der Waals surface area contributed by atoms with E-state index in [-0.39, 0.29) is 10.9 Å². The van der Waals surface area contributed by atoms with Crippen molar-refractivity contribution in [1.29, 1.82) is 0 Å². The maximum atomic E-state index is 15.9.